The van der Waals surface area contributed by atoms with E-state index in [4.69, 9.17) is 4.55 Å². The highest BCUT2D eigenvalue weighted by Gasteiger charge is 2.06. The van der Waals surface area contributed by atoms with Gasteiger partial charge in [0, 0.05) is 0 Å². The smallest absolute Gasteiger partial charge is 0.264 e. The van der Waals surface area contributed by atoms with Crippen LogP contribution in [0.25, 0.3) is 0 Å². The number of hydrogen-bond donors (Lipinski definition) is 1. The fraction of sp³-hybridized carbons (Fsp3) is 1.00. The van der Waals surface area contributed by atoms with Gasteiger partial charge in [0.25, 0.3) is 20.2 Å². The molecule has 1 N–H and O–H groups in total. The largest absolute Gasteiger partial charge is 0.286 e. The van der Waals surface area contributed by atoms with Gasteiger partial charge in [0.1, 0.15) is 0 Å². The van der Waals surface area contributed by atoms with Crippen molar-refractivity contribution in [3.63, 3.8) is 0 Å². The topological polar surface area (TPSA) is 97.7 Å². The van der Waals surface area contributed by atoms with E-state index < -0.39 is 26.0 Å². The predicted octanol–water partition coefficient (Wildman–Crippen LogP) is -0.760. The molecule has 0 saturated heterocycles. The third-order valence-electron chi connectivity index (χ3n) is 0.844. The zero-order valence-corrected chi connectivity index (χ0v) is 8.06. The Morgan fingerprint density at radius 2 is 1.75 bits per heavy atom. The molecular formula is C4H10O6S2. The summed E-state index contributed by atoms with van der Waals surface area (Å²) in [5, 5.41) is 0. The van der Waals surface area contributed by atoms with Crippen molar-refractivity contribution in [3.8, 4) is 0 Å². The van der Waals surface area contributed by atoms with Gasteiger partial charge in [0.15, 0.2) is 0 Å². The summed E-state index contributed by atoms with van der Waals surface area (Å²) in [6.07, 6.45) is 0.812. The van der Waals surface area contributed by atoms with Crippen LogP contribution in [-0.2, 0) is 24.4 Å². The fourth-order valence-electron chi connectivity index (χ4n) is 0.452. The molecule has 8 heteroatoms. The van der Waals surface area contributed by atoms with E-state index in [-0.39, 0.29) is 13.0 Å². The predicted molar refractivity (Wildman–Crippen MR) is 41.8 cm³/mol. The first-order valence-electron chi connectivity index (χ1n) is 3.00. The Bertz CT molecular complexity index is 277. The molecule has 0 aromatic carbocycles. The molecule has 0 saturated carbocycles. The highest BCUT2D eigenvalue weighted by atomic mass is 32.2. The summed E-state index contributed by atoms with van der Waals surface area (Å²) in [4.78, 5) is 0. The third-order valence-corrected chi connectivity index (χ3v) is 2.24. The Balaban J connectivity index is 3.62. The molecule has 0 bridgehead atoms. The Hall–Kier alpha value is -0.180. The molecule has 0 fully saturated rings. The van der Waals surface area contributed by atoms with E-state index >= 15 is 0 Å². The molecule has 0 rings (SSSR count). The van der Waals surface area contributed by atoms with Crippen molar-refractivity contribution in [1.82, 2.24) is 0 Å². The molecule has 12 heavy (non-hydrogen) atoms. The lowest BCUT2D eigenvalue weighted by molar-refractivity contribution is 0.320. The van der Waals surface area contributed by atoms with Crippen molar-refractivity contribution < 1.29 is 25.6 Å². The molecule has 0 radical (unpaired) electrons. The van der Waals surface area contributed by atoms with Gasteiger partial charge in [0.2, 0.25) is 0 Å². The van der Waals surface area contributed by atoms with Gasteiger partial charge < -0.3 is 0 Å². The van der Waals surface area contributed by atoms with Crippen LogP contribution in [-0.4, -0.2) is 40.0 Å². The molecular weight excluding hydrogens is 208 g/mol. The van der Waals surface area contributed by atoms with Gasteiger partial charge in [-0.1, -0.05) is 0 Å². The summed E-state index contributed by atoms with van der Waals surface area (Å²) >= 11 is 0. The maximum Gasteiger partial charge on any atom is 0.264 e. The summed E-state index contributed by atoms with van der Waals surface area (Å²) < 4.78 is 53.3. The van der Waals surface area contributed by atoms with Gasteiger partial charge in [-0.2, -0.15) is 16.8 Å². The molecule has 0 aromatic heterocycles. The average Bonchev–Trinajstić information content (AvgIpc) is 1.76. The van der Waals surface area contributed by atoms with Crippen LogP contribution >= 0.6 is 0 Å². The van der Waals surface area contributed by atoms with Crippen LogP contribution in [0.5, 0.6) is 0 Å². The number of rotatable bonds is 5. The Morgan fingerprint density at radius 1 is 1.25 bits per heavy atom. The zero-order valence-electron chi connectivity index (χ0n) is 6.43. The molecule has 0 aliphatic heterocycles. The van der Waals surface area contributed by atoms with Crippen LogP contribution in [0.15, 0.2) is 0 Å². The molecule has 0 aromatic rings. The van der Waals surface area contributed by atoms with Crippen LogP contribution in [0.3, 0.4) is 0 Å². The van der Waals surface area contributed by atoms with E-state index in [2.05, 4.69) is 4.18 Å². The first-order valence-corrected chi connectivity index (χ1v) is 6.43. The quantitative estimate of drug-likeness (QED) is 0.370. The van der Waals surface area contributed by atoms with Crippen molar-refractivity contribution in [2.45, 2.75) is 6.42 Å². The van der Waals surface area contributed by atoms with Crippen LogP contribution in [0.4, 0.5) is 0 Å². The van der Waals surface area contributed by atoms with Gasteiger partial charge in [-0.15, -0.1) is 0 Å². The van der Waals surface area contributed by atoms with Crippen LogP contribution < -0.4 is 0 Å². The van der Waals surface area contributed by atoms with E-state index in [1.807, 2.05) is 0 Å². The molecule has 0 heterocycles. The molecule has 74 valence electrons. The van der Waals surface area contributed by atoms with Gasteiger partial charge >= 0.3 is 0 Å². The average molecular weight is 218 g/mol. The van der Waals surface area contributed by atoms with E-state index in [1.54, 1.807) is 0 Å². The van der Waals surface area contributed by atoms with Crippen molar-refractivity contribution in [1.29, 1.82) is 0 Å². The number of hydrogen-bond acceptors (Lipinski definition) is 5. The summed E-state index contributed by atoms with van der Waals surface area (Å²) in [7, 11) is -7.53. The van der Waals surface area contributed by atoms with E-state index in [0.29, 0.717) is 0 Å². The van der Waals surface area contributed by atoms with Crippen molar-refractivity contribution in [2.75, 3.05) is 18.6 Å². The minimum Gasteiger partial charge on any atom is -0.286 e. The molecule has 0 aliphatic rings. The van der Waals surface area contributed by atoms with Gasteiger partial charge in [-0.3, -0.25) is 8.74 Å². The lowest BCUT2D eigenvalue weighted by Gasteiger charge is -1.98. The first kappa shape index (κ1) is 11.8. The minimum absolute atomic E-state index is 0.0497. The van der Waals surface area contributed by atoms with Crippen molar-refractivity contribution in [3.05, 3.63) is 0 Å². The highest BCUT2D eigenvalue weighted by Crippen LogP contribution is 1.92. The SMILES string of the molecule is CS(=O)(=O)OCCCS(=O)(=O)O. The second kappa shape index (κ2) is 4.17. The van der Waals surface area contributed by atoms with Gasteiger partial charge in [-0.05, 0) is 6.42 Å². The second-order valence-electron chi connectivity index (χ2n) is 2.17. The maximum atomic E-state index is 10.3. The molecule has 6 nitrogen and oxygen atoms in total. The molecule has 0 aliphatic carbocycles. The highest BCUT2D eigenvalue weighted by molar-refractivity contribution is 7.86. The van der Waals surface area contributed by atoms with E-state index in [0.717, 1.165) is 6.26 Å². The summed E-state index contributed by atoms with van der Waals surface area (Å²) in [6.45, 7) is -0.237. The van der Waals surface area contributed by atoms with Crippen molar-refractivity contribution >= 4 is 20.2 Å². The standard InChI is InChI=1S/C4H10O6S2/c1-11(5,6)10-3-2-4-12(7,8)9/h2-4H2,1H3,(H,7,8,9). The lowest BCUT2D eigenvalue weighted by Crippen LogP contribution is -2.10. The summed E-state index contributed by atoms with van der Waals surface area (Å²) in [5.74, 6) is -0.498. The normalized spacial score (nSPS) is 13.2. The Labute approximate surface area is 71.4 Å². The van der Waals surface area contributed by atoms with E-state index in [9.17, 15) is 16.8 Å². The second-order valence-corrected chi connectivity index (χ2v) is 5.38. The lowest BCUT2D eigenvalue weighted by atomic mass is 10.5. The zero-order chi connectivity index (χ0) is 9.83. The van der Waals surface area contributed by atoms with Crippen LogP contribution in [0.2, 0.25) is 0 Å². The Morgan fingerprint density at radius 3 is 2.08 bits per heavy atom. The van der Waals surface area contributed by atoms with Gasteiger partial charge in [0.05, 0.1) is 18.6 Å². The monoisotopic (exact) mass is 218 g/mol. The molecule has 0 spiro atoms. The van der Waals surface area contributed by atoms with Crippen molar-refractivity contribution in [2.24, 2.45) is 0 Å². The summed E-state index contributed by atoms with van der Waals surface area (Å²) in [6, 6.07) is 0. The van der Waals surface area contributed by atoms with Gasteiger partial charge in [-0.25, -0.2) is 0 Å². The first-order chi connectivity index (χ1) is 5.21. The van der Waals surface area contributed by atoms with Crippen LogP contribution in [0, 0.1) is 0 Å². The van der Waals surface area contributed by atoms with Crippen LogP contribution in [0.1, 0.15) is 6.42 Å². The van der Waals surface area contributed by atoms with E-state index in [1.165, 1.54) is 0 Å². The molecule has 0 amide bonds. The molecule has 0 unspecified atom stereocenters. The third kappa shape index (κ3) is 9.82. The molecule has 0 atom stereocenters. The maximum absolute atomic E-state index is 10.3. The summed E-state index contributed by atoms with van der Waals surface area (Å²) in [5.41, 5.74) is 0. The fourth-order valence-corrected chi connectivity index (χ4v) is 1.35. The Kier molecular flexibility index (Phi) is 4.11. The minimum atomic E-state index is -4.02.